The Bertz CT molecular complexity index is 1090. The molecule has 6 heteroatoms. The van der Waals surface area contributed by atoms with Gasteiger partial charge in [0.25, 0.3) is 5.56 Å². The highest BCUT2D eigenvalue weighted by Crippen LogP contribution is 2.28. The van der Waals surface area contributed by atoms with Gasteiger partial charge in [0.15, 0.2) is 5.16 Å². The molecule has 0 fully saturated rings. The van der Waals surface area contributed by atoms with Gasteiger partial charge in [0, 0.05) is 18.8 Å². The van der Waals surface area contributed by atoms with Crippen LogP contribution < -0.4 is 10.5 Å². The molecule has 1 aliphatic heterocycles. The Hall–Kier alpha value is -2.60. The zero-order valence-corrected chi connectivity index (χ0v) is 17.5. The van der Waals surface area contributed by atoms with Crippen LogP contribution in [0.3, 0.4) is 0 Å². The zero-order chi connectivity index (χ0) is 20.2. The molecule has 5 nitrogen and oxygen atoms in total. The summed E-state index contributed by atoms with van der Waals surface area (Å²) < 4.78 is 1.73. The van der Waals surface area contributed by atoms with E-state index in [-0.39, 0.29) is 17.2 Å². The molecule has 0 aliphatic carbocycles. The number of carbonyl (C=O) groups is 1. The van der Waals surface area contributed by atoms with Gasteiger partial charge >= 0.3 is 0 Å². The number of thioether (sulfide) groups is 1. The van der Waals surface area contributed by atoms with E-state index < -0.39 is 0 Å². The first kappa shape index (κ1) is 19.7. The highest BCUT2D eigenvalue weighted by molar-refractivity contribution is 7.99. The highest BCUT2D eigenvalue weighted by atomic mass is 32.2. The summed E-state index contributed by atoms with van der Waals surface area (Å²) in [6.07, 6.45) is 3.88. The number of rotatable bonds is 6. The van der Waals surface area contributed by atoms with Crippen LogP contribution in [0.15, 0.2) is 58.5 Å². The smallest absolute Gasteiger partial charge is 0.262 e. The Balaban J connectivity index is 1.59. The topological polar surface area (TPSA) is 55.2 Å². The van der Waals surface area contributed by atoms with Crippen molar-refractivity contribution < 1.29 is 4.79 Å². The van der Waals surface area contributed by atoms with Crippen LogP contribution in [0, 0.1) is 0 Å². The molecule has 150 valence electrons. The second kappa shape index (κ2) is 8.82. The van der Waals surface area contributed by atoms with E-state index in [1.54, 1.807) is 4.57 Å². The van der Waals surface area contributed by atoms with Gasteiger partial charge in [-0.1, -0.05) is 55.4 Å². The first-order valence-electron chi connectivity index (χ1n) is 10.2. The van der Waals surface area contributed by atoms with Crippen LogP contribution in [-0.2, 0) is 17.8 Å². The van der Waals surface area contributed by atoms with Gasteiger partial charge in [-0.25, -0.2) is 4.98 Å². The molecule has 3 aromatic rings. The van der Waals surface area contributed by atoms with Gasteiger partial charge in [0.1, 0.15) is 0 Å². The standard InChI is InChI=1S/C23H25N3O2S/c1-2-3-14-26-22(28)18-11-5-6-12-19(18)24-23(26)29-16-21(27)25-15-8-10-17-9-4-7-13-20(17)25/h4-7,9,11-13H,2-3,8,10,14-16H2,1H3. The predicted octanol–water partition coefficient (Wildman–Crippen LogP) is 4.27. The van der Waals surface area contributed by atoms with Crippen LogP contribution in [0.5, 0.6) is 0 Å². The summed E-state index contributed by atoms with van der Waals surface area (Å²) in [6, 6.07) is 15.5. The molecule has 1 amide bonds. The Kier molecular flexibility index (Phi) is 6.00. The van der Waals surface area contributed by atoms with Crippen molar-refractivity contribution in [1.82, 2.24) is 9.55 Å². The fourth-order valence-corrected chi connectivity index (χ4v) is 4.67. The van der Waals surface area contributed by atoms with E-state index in [9.17, 15) is 9.59 Å². The third kappa shape index (κ3) is 4.08. The zero-order valence-electron chi connectivity index (χ0n) is 16.6. The Morgan fingerprint density at radius 1 is 1.14 bits per heavy atom. The fraction of sp³-hybridized carbons (Fsp3) is 0.348. The average Bonchev–Trinajstić information content (AvgIpc) is 2.76. The highest BCUT2D eigenvalue weighted by Gasteiger charge is 2.23. The largest absolute Gasteiger partial charge is 0.311 e. The Morgan fingerprint density at radius 3 is 2.79 bits per heavy atom. The van der Waals surface area contributed by atoms with Gasteiger partial charge in [-0.15, -0.1) is 0 Å². The molecule has 2 aromatic carbocycles. The molecule has 0 spiro atoms. The van der Waals surface area contributed by atoms with Crippen molar-refractivity contribution in [1.29, 1.82) is 0 Å². The molecule has 1 aromatic heterocycles. The molecule has 4 rings (SSSR count). The number of amides is 1. The van der Waals surface area contributed by atoms with Crippen LogP contribution >= 0.6 is 11.8 Å². The lowest BCUT2D eigenvalue weighted by molar-refractivity contribution is -0.116. The third-order valence-electron chi connectivity index (χ3n) is 5.30. The fourth-order valence-electron chi connectivity index (χ4n) is 3.77. The molecule has 29 heavy (non-hydrogen) atoms. The number of fused-ring (bicyclic) bond motifs is 2. The first-order valence-corrected chi connectivity index (χ1v) is 11.2. The average molecular weight is 408 g/mol. The first-order chi connectivity index (χ1) is 14.2. The number of para-hydroxylation sites is 2. The lowest BCUT2D eigenvalue weighted by Crippen LogP contribution is -2.36. The molecule has 1 aliphatic rings. The van der Waals surface area contributed by atoms with Crippen LogP contribution in [-0.4, -0.2) is 27.8 Å². The summed E-state index contributed by atoms with van der Waals surface area (Å²) in [4.78, 5) is 32.6. The minimum absolute atomic E-state index is 0.0256. The maximum atomic E-state index is 13.0. The summed E-state index contributed by atoms with van der Waals surface area (Å²) >= 11 is 1.36. The van der Waals surface area contributed by atoms with Gasteiger partial charge < -0.3 is 4.90 Å². The van der Waals surface area contributed by atoms with Gasteiger partial charge in [-0.05, 0) is 43.0 Å². The van der Waals surface area contributed by atoms with Crippen molar-refractivity contribution in [2.45, 2.75) is 44.3 Å². The van der Waals surface area contributed by atoms with E-state index in [1.165, 1.54) is 17.3 Å². The monoisotopic (exact) mass is 407 g/mol. The predicted molar refractivity (Wildman–Crippen MR) is 119 cm³/mol. The molecule has 0 atom stereocenters. The van der Waals surface area contributed by atoms with Crippen molar-refractivity contribution in [3.05, 3.63) is 64.4 Å². The van der Waals surface area contributed by atoms with E-state index in [1.807, 2.05) is 47.4 Å². The van der Waals surface area contributed by atoms with Gasteiger partial charge in [-0.2, -0.15) is 0 Å². The molecule has 0 saturated carbocycles. The van der Waals surface area contributed by atoms with Crippen molar-refractivity contribution in [3.8, 4) is 0 Å². The van der Waals surface area contributed by atoms with Crippen LogP contribution in [0.4, 0.5) is 5.69 Å². The van der Waals surface area contributed by atoms with Crippen molar-refractivity contribution in [2.24, 2.45) is 0 Å². The minimum Gasteiger partial charge on any atom is -0.311 e. The molecule has 0 saturated heterocycles. The number of hydrogen-bond donors (Lipinski definition) is 0. The van der Waals surface area contributed by atoms with Gasteiger partial charge in [0.2, 0.25) is 5.91 Å². The minimum atomic E-state index is -0.0256. The number of unbranched alkanes of at least 4 members (excludes halogenated alkanes) is 1. The number of aromatic nitrogens is 2. The molecule has 0 unspecified atom stereocenters. The van der Waals surface area contributed by atoms with Gasteiger partial charge in [0.05, 0.1) is 16.7 Å². The van der Waals surface area contributed by atoms with Gasteiger partial charge in [-0.3, -0.25) is 14.2 Å². The van der Waals surface area contributed by atoms with Crippen molar-refractivity contribution >= 4 is 34.3 Å². The second-order valence-electron chi connectivity index (χ2n) is 7.29. The Morgan fingerprint density at radius 2 is 1.93 bits per heavy atom. The maximum absolute atomic E-state index is 13.0. The third-order valence-corrected chi connectivity index (χ3v) is 6.26. The SMILES string of the molecule is CCCCn1c(SCC(=O)N2CCCc3ccccc32)nc2ccccc2c1=O. The van der Waals surface area contributed by atoms with E-state index in [0.29, 0.717) is 22.6 Å². The van der Waals surface area contributed by atoms with Crippen LogP contribution in [0.1, 0.15) is 31.7 Å². The lowest BCUT2D eigenvalue weighted by Gasteiger charge is -2.29. The summed E-state index contributed by atoms with van der Waals surface area (Å²) in [5.74, 6) is 0.331. The summed E-state index contributed by atoms with van der Waals surface area (Å²) in [7, 11) is 0. The lowest BCUT2D eigenvalue weighted by atomic mass is 10.0. The number of nitrogens with zero attached hydrogens (tertiary/aromatic N) is 3. The maximum Gasteiger partial charge on any atom is 0.262 e. The molecule has 0 N–H and O–H groups in total. The molecular formula is C23H25N3O2S. The molecular weight excluding hydrogens is 382 g/mol. The number of anilines is 1. The van der Waals surface area contributed by atoms with E-state index in [0.717, 1.165) is 37.9 Å². The Labute approximate surface area is 174 Å². The normalized spacial score (nSPS) is 13.5. The van der Waals surface area contributed by atoms with Crippen molar-refractivity contribution in [3.63, 3.8) is 0 Å². The van der Waals surface area contributed by atoms with Crippen LogP contribution in [0.25, 0.3) is 10.9 Å². The summed E-state index contributed by atoms with van der Waals surface area (Å²) in [5, 5.41) is 1.25. The summed E-state index contributed by atoms with van der Waals surface area (Å²) in [6.45, 7) is 3.46. The van der Waals surface area contributed by atoms with E-state index in [4.69, 9.17) is 4.98 Å². The molecule has 0 bridgehead atoms. The van der Waals surface area contributed by atoms with E-state index >= 15 is 0 Å². The summed E-state index contributed by atoms with van der Waals surface area (Å²) in [5.41, 5.74) is 2.89. The molecule has 0 radical (unpaired) electrons. The van der Waals surface area contributed by atoms with E-state index in [2.05, 4.69) is 13.0 Å². The number of benzene rings is 2. The number of hydrogen-bond acceptors (Lipinski definition) is 4. The van der Waals surface area contributed by atoms with Crippen molar-refractivity contribution in [2.75, 3.05) is 17.2 Å². The molecule has 2 heterocycles. The number of aryl methyl sites for hydroxylation is 1. The number of carbonyl (C=O) groups excluding carboxylic acids is 1. The quantitative estimate of drug-likeness (QED) is 0.452. The van der Waals surface area contributed by atoms with Crippen LogP contribution in [0.2, 0.25) is 0 Å². The second-order valence-corrected chi connectivity index (χ2v) is 8.23.